The summed E-state index contributed by atoms with van der Waals surface area (Å²) in [7, 11) is 1.74. The van der Waals surface area contributed by atoms with E-state index in [4.69, 9.17) is 17.0 Å². The average molecular weight is 436 g/mol. The molecule has 0 aliphatic carbocycles. The van der Waals surface area contributed by atoms with Gasteiger partial charge in [0, 0.05) is 18.3 Å². The number of imidazole rings is 2. The van der Waals surface area contributed by atoms with Crippen LogP contribution in [0.15, 0.2) is 30.5 Å². The van der Waals surface area contributed by atoms with Crippen LogP contribution in [0.4, 0.5) is 13.2 Å². The number of nitrogens with one attached hydrogen (secondary N) is 2. The molecule has 2 N–H and O–H groups in total. The lowest BCUT2D eigenvalue weighted by molar-refractivity contribution is -0.141. The molecule has 4 rings (SSSR count). The molecule has 4 aromatic rings. The van der Waals surface area contributed by atoms with Crippen molar-refractivity contribution in [2.75, 3.05) is 0 Å². The van der Waals surface area contributed by atoms with Gasteiger partial charge in [0.1, 0.15) is 11.3 Å². The number of halogens is 4. The first-order valence-electron chi connectivity index (χ1n) is 8.96. The minimum absolute atomic E-state index is 0.0309. The normalized spacial score (nSPS) is 13.2. The zero-order valence-corrected chi connectivity index (χ0v) is 17.0. The third-order valence-electron chi connectivity index (χ3n) is 5.06. The Morgan fingerprint density at radius 3 is 2.43 bits per heavy atom. The van der Waals surface area contributed by atoms with Gasteiger partial charge in [0.15, 0.2) is 11.3 Å². The lowest BCUT2D eigenvalue weighted by Gasteiger charge is -2.15. The molecule has 0 saturated carbocycles. The van der Waals surface area contributed by atoms with E-state index in [1.165, 1.54) is 6.92 Å². The van der Waals surface area contributed by atoms with Crippen LogP contribution in [0.1, 0.15) is 29.9 Å². The molecule has 1 aromatic carbocycles. The van der Waals surface area contributed by atoms with Gasteiger partial charge in [-0.25, -0.2) is 9.97 Å². The summed E-state index contributed by atoms with van der Waals surface area (Å²) in [6.45, 7) is 3.25. The maximum atomic E-state index is 13.0. The molecule has 0 aliphatic heterocycles. The topological polar surface area (TPSA) is 88.2 Å². The summed E-state index contributed by atoms with van der Waals surface area (Å²) in [6, 6.07) is 6.70. The first-order chi connectivity index (χ1) is 14.1. The Bertz CT molecular complexity index is 1300. The highest BCUT2D eigenvalue weighted by Gasteiger charge is 2.36. The van der Waals surface area contributed by atoms with Crippen LogP contribution in [0.25, 0.3) is 22.6 Å². The number of hydrogen-bond acceptors (Lipinski definition) is 4. The number of nitrogens with zero attached hydrogens (tertiary/aromatic N) is 5. The summed E-state index contributed by atoms with van der Waals surface area (Å²) in [5.41, 5.74) is 1.83. The highest BCUT2D eigenvalue weighted by molar-refractivity contribution is 6.28. The van der Waals surface area contributed by atoms with E-state index in [-0.39, 0.29) is 28.5 Å². The number of benzene rings is 1. The van der Waals surface area contributed by atoms with Gasteiger partial charge < -0.3 is 9.55 Å². The molecule has 3 aromatic heterocycles. The van der Waals surface area contributed by atoms with Gasteiger partial charge in [-0.3, -0.25) is 9.98 Å². The van der Waals surface area contributed by atoms with Crippen molar-refractivity contribution in [3.63, 3.8) is 0 Å². The highest BCUT2D eigenvalue weighted by atomic mass is 35.5. The fourth-order valence-corrected chi connectivity index (χ4v) is 3.57. The Balaban J connectivity index is 1.72. The Hall–Kier alpha value is -3.14. The van der Waals surface area contributed by atoms with Crippen LogP contribution in [0.2, 0.25) is 5.28 Å². The van der Waals surface area contributed by atoms with Gasteiger partial charge in [-0.05, 0) is 31.0 Å². The van der Waals surface area contributed by atoms with E-state index in [0.717, 1.165) is 5.56 Å². The van der Waals surface area contributed by atoms with E-state index in [9.17, 15) is 13.2 Å². The molecule has 11 heteroatoms. The molecule has 7 nitrogen and oxygen atoms in total. The maximum Gasteiger partial charge on any atom is 0.435 e. The number of fused-ring (bicyclic) bond motifs is 1. The molecule has 3 heterocycles. The van der Waals surface area contributed by atoms with E-state index >= 15 is 0 Å². The van der Waals surface area contributed by atoms with Crippen LogP contribution in [-0.4, -0.2) is 29.1 Å². The Morgan fingerprint density at radius 1 is 1.17 bits per heavy atom. The molecule has 0 fully saturated rings. The van der Waals surface area contributed by atoms with Gasteiger partial charge in [0.2, 0.25) is 10.9 Å². The van der Waals surface area contributed by atoms with Crippen LogP contribution in [-0.2, 0) is 13.2 Å². The standard InChI is InChI=1S/C19H17ClF3N7/c1-9-14(19(21,22)23)27-15(26-9)12-6-4-11(5-7-12)10(2)30-16-13(29(3)18(30)24)8-25-17(20)28-16/h4-8,10,24H,1-3H3,(H,26,27). The van der Waals surface area contributed by atoms with E-state index in [2.05, 4.69) is 19.9 Å². The zero-order valence-electron chi connectivity index (χ0n) is 16.2. The first kappa shape index (κ1) is 20.1. The maximum absolute atomic E-state index is 13.0. The van der Waals surface area contributed by atoms with E-state index in [1.807, 2.05) is 6.92 Å². The number of alkyl halides is 3. The molecule has 0 bridgehead atoms. The van der Waals surface area contributed by atoms with Gasteiger partial charge in [0.05, 0.1) is 12.2 Å². The van der Waals surface area contributed by atoms with Crippen molar-refractivity contribution in [1.29, 1.82) is 5.41 Å². The Morgan fingerprint density at radius 2 is 1.83 bits per heavy atom. The molecule has 156 valence electrons. The molecule has 0 aliphatic rings. The summed E-state index contributed by atoms with van der Waals surface area (Å²) in [6.07, 6.45) is -2.95. The number of hydrogen-bond donors (Lipinski definition) is 2. The summed E-state index contributed by atoms with van der Waals surface area (Å²) in [4.78, 5) is 14.6. The summed E-state index contributed by atoms with van der Waals surface area (Å²) in [5.74, 6) is 0.151. The molecule has 0 spiro atoms. The minimum Gasteiger partial charge on any atom is -0.342 e. The van der Waals surface area contributed by atoms with Crippen molar-refractivity contribution in [3.05, 3.63) is 58.3 Å². The predicted molar refractivity (Wildman–Crippen MR) is 105 cm³/mol. The molecule has 0 amide bonds. The summed E-state index contributed by atoms with van der Waals surface area (Å²) < 4.78 is 42.4. The monoisotopic (exact) mass is 435 g/mol. The predicted octanol–water partition coefficient (Wildman–Crippen LogP) is 4.23. The third-order valence-corrected chi connectivity index (χ3v) is 5.25. The van der Waals surface area contributed by atoms with Crippen LogP contribution >= 0.6 is 11.6 Å². The van der Waals surface area contributed by atoms with Gasteiger partial charge >= 0.3 is 6.18 Å². The van der Waals surface area contributed by atoms with Crippen LogP contribution in [0, 0.1) is 12.3 Å². The van der Waals surface area contributed by atoms with Gasteiger partial charge in [-0.2, -0.15) is 18.2 Å². The summed E-state index contributed by atoms with van der Waals surface area (Å²) >= 11 is 5.94. The zero-order chi connectivity index (χ0) is 21.8. The van der Waals surface area contributed by atoms with Crippen molar-refractivity contribution >= 4 is 22.8 Å². The second kappa shape index (κ2) is 6.98. The lowest BCUT2D eigenvalue weighted by atomic mass is 10.1. The number of aryl methyl sites for hydroxylation is 2. The molecule has 1 atom stereocenters. The number of aromatic nitrogens is 6. The molecule has 1 unspecified atom stereocenters. The molecule has 0 radical (unpaired) electrons. The smallest absolute Gasteiger partial charge is 0.342 e. The molecular weight excluding hydrogens is 419 g/mol. The molecular formula is C19H17ClF3N7. The number of H-pyrrole nitrogens is 1. The summed E-state index contributed by atoms with van der Waals surface area (Å²) in [5, 5.41) is 8.51. The SMILES string of the molecule is Cc1[nH]c(-c2ccc(C(C)n3c(=N)n(C)c4cnc(Cl)nc43)cc2)nc1C(F)(F)F. The van der Waals surface area contributed by atoms with Gasteiger partial charge in [0.25, 0.3) is 0 Å². The van der Waals surface area contributed by atoms with Crippen molar-refractivity contribution < 1.29 is 13.2 Å². The first-order valence-corrected chi connectivity index (χ1v) is 9.34. The second-order valence-corrected chi connectivity index (χ2v) is 7.29. The van der Waals surface area contributed by atoms with Crippen molar-refractivity contribution in [1.82, 2.24) is 29.1 Å². The third kappa shape index (κ3) is 3.26. The quantitative estimate of drug-likeness (QED) is 0.472. The van der Waals surface area contributed by atoms with E-state index in [1.54, 1.807) is 46.6 Å². The minimum atomic E-state index is -4.51. The van der Waals surface area contributed by atoms with Crippen LogP contribution < -0.4 is 5.62 Å². The van der Waals surface area contributed by atoms with E-state index in [0.29, 0.717) is 16.7 Å². The van der Waals surface area contributed by atoms with E-state index < -0.39 is 11.9 Å². The fourth-order valence-electron chi connectivity index (χ4n) is 3.44. The van der Waals surface area contributed by atoms with Crippen LogP contribution in [0.5, 0.6) is 0 Å². The highest BCUT2D eigenvalue weighted by Crippen LogP contribution is 2.32. The number of rotatable bonds is 3. The lowest BCUT2D eigenvalue weighted by Crippen LogP contribution is -2.25. The fraction of sp³-hybridized carbons (Fsp3) is 0.263. The number of aromatic amines is 1. The van der Waals surface area contributed by atoms with Gasteiger partial charge in [-0.15, -0.1) is 0 Å². The second-order valence-electron chi connectivity index (χ2n) is 6.96. The Labute approximate surface area is 173 Å². The largest absolute Gasteiger partial charge is 0.435 e. The van der Waals surface area contributed by atoms with Crippen molar-refractivity contribution in [2.45, 2.75) is 26.1 Å². The molecule has 0 saturated heterocycles. The van der Waals surface area contributed by atoms with Crippen molar-refractivity contribution in [3.8, 4) is 11.4 Å². The van der Waals surface area contributed by atoms with Crippen molar-refractivity contribution in [2.24, 2.45) is 7.05 Å². The van der Waals surface area contributed by atoms with Gasteiger partial charge in [-0.1, -0.05) is 24.3 Å². The van der Waals surface area contributed by atoms with Crippen LogP contribution in [0.3, 0.4) is 0 Å². The molecule has 30 heavy (non-hydrogen) atoms. The Kier molecular flexibility index (Phi) is 4.69. The average Bonchev–Trinajstić information content (AvgIpc) is 3.20.